The molecule has 2 aliphatic heterocycles. The molecule has 188 valence electrons. The van der Waals surface area contributed by atoms with Crippen LogP contribution in [0.25, 0.3) is 27.9 Å². The van der Waals surface area contributed by atoms with Crippen LogP contribution in [0.2, 0.25) is 0 Å². The summed E-state index contributed by atoms with van der Waals surface area (Å²) in [5.74, 6) is 1.51. The van der Waals surface area contributed by atoms with Crippen LogP contribution >= 0.6 is 0 Å². The summed E-state index contributed by atoms with van der Waals surface area (Å²) in [6.45, 7) is 13.2. The van der Waals surface area contributed by atoms with Gasteiger partial charge in [-0.15, -0.1) is 0 Å². The number of nitrogens with zero attached hydrogens (tertiary/aromatic N) is 7. The molecular weight excluding hydrogens is 452 g/mol. The van der Waals surface area contributed by atoms with Crippen molar-refractivity contribution < 1.29 is 4.79 Å². The Morgan fingerprint density at radius 1 is 1.14 bits per heavy atom. The first-order valence-electron chi connectivity index (χ1n) is 12.7. The number of anilines is 1. The first-order chi connectivity index (χ1) is 17.2. The summed E-state index contributed by atoms with van der Waals surface area (Å²) in [6, 6.07) is 4.29. The highest BCUT2D eigenvalue weighted by Gasteiger charge is 2.52. The SMILES string of the molecule is Cc1c(-c2[nH]c3ccc(N4CC5(CN(CC(=O)N(C)C)C5)C4)nc3c2C(C)C)cn2ncnc2c1C. The van der Waals surface area contributed by atoms with Gasteiger partial charge in [0.15, 0.2) is 5.65 Å². The van der Waals surface area contributed by atoms with E-state index in [1.54, 1.807) is 11.2 Å². The van der Waals surface area contributed by atoms with Crippen molar-refractivity contribution in [2.45, 2.75) is 33.6 Å². The second-order valence-corrected chi connectivity index (χ2v) is 11.2. The van der Waals surface area contributed by atoms with Gasteiger partial charge in [0.05, 0.1) is 23.3 Å². The summed E-state index contributed by atoms with van der Waals surface area (Å²) < 4.78 is 1.86. The zero-order valence-electron chi connectivity index (χ0n) is 22.0. The van der Waals surface area contributed by atoms with Gasteiger partial charge in [0, 0.05) is 63.0 Å². The minimum absolute atomic E-state index is 0.172. The summed E-state index contributed by atoms with van der Waals surface area (Å²) in [5, 5.41) is 4.39. The topological polar surface area (TPSA) is 85.7 Å². The van der Waals surface area contributed by atoms with E-state index in [9.17, 15) is 4.79 Å². The molecule has 2 fully saturated rings. The molecule has 1 spiro atoms. The first kappa shape index (κ1) is 23.0. The number of nitrogens with one attached hydrogen (secondary N) is 1. The standard InChI is InChI=1S/C27H34N8O/c1-16(2)23-24(19-9-35-26(28-15-29-35)18(4)17(19)3)30-20-7-8-21(31-25(20)23)34-13-27(14-34)11-33(12-27)10-22(36)32(5)6/h7-9,15-16,30H,10-14H2,1-6H3. The Labute approximate surface area is 211 Å². The van der Waals surface area contributed by atoms with Gasteiger partial charge in [-0.25, -0.2) is 14.5 Å². The average molecular weight is 487 g/mol. The number of H-pyrrole nitrogens is 1. The van der Waals surface area contributed by atoms with Crippen LogP contribution in [-0.4, -0.2) is 87.1 Å². The number of aromatic amines is 1. The Morgan fingerprint density at radius 3 is 2.58 bits per heavy atom. The van der Waals surface area contributed by atoms with E-state index in [-0.39, 0.29) is 5.91 Å². The monoisotopic (exact) mass is 486 g/mol. The van der Waals surface area contributed by atoms with Crippen molar-refractivity contribution in [1.29, 1.82) is 0 Å². The molecule has 0 bridgehead atoms. The predicted octanol–water partition coefficient (Wildman–Crippen LogP) is 3.22. The number of aryl methyl sites for hydroxylation is 1. The molecule has 2 aliphatic rings. The molecule has 6 heterocycles. The molecule has 1 amide bonds. The Kier molecular flexibility index (Phi) is 5.12. The number of likely N-dealkylation sites (tertiary alicyclic amines) is 1. The fraction of sp³-hybridized carbons (Fsp3) is 0.481. The number of aromatic nitrogens is 5. The van der Waals surface area contributed by atoms with E-state index in [4.69, 9.17) is 4.98 Å². The van der Waals surface area contributed by atoms with Gasteiger partial charge in [0.25, 0.3) is 0 Å². The number of fused-ring (bicyclic) bond motifs is 2. The van der Waals surface area contributed by atoms with Crippen LogP contribution in [0.3, 0.4) is 0 Å². The van der Waals surface area contributed by atoms with E-state index < -0.39 is 0 Å². The second kappa shape index (κ2) is 8.03. The van der Waals surface area contributed by atoms with Crippen molar-refractivity contribution in [3.05, 3.63) is 41.3 Å². The summed E-state index contributed by atoms with van der Waals surface area (Å²) in [6.07, 6.45) is 3.68. The van der Waals surface area contributed by atoms with Crippen LogP contribution in [0.4, 0.5) is 5.82 Å². The van der Waals surface area contributed by atoms with E-state index >= 15 is 0 Å². The van der Waals surface area contributed by atoms with Crippen LogP contribution < -0.4 is 4.90 Å². The number of rotatable bonds is 5. The Hall–Kier alpha value is -3.46. The minimum atomic E-state index is 0.172. The van der Waals surface area contributed by atoms with Crippen LogP contribution in [0.1, 0.15) is 36.5 Å². The highest BCUT2D eigenvalue weighted by Crippen LogP contribution is 2.43. The second-order valence-electron chi connectivity index (χ2n) is 11.2. The fourth-order valence-corrected chi connectivity index (χ4v) is 5.95. The zero-order valence-corrected chi connectivity index (χ0v) is 22.0. The average Bonchev–Trinajstić information content (AvgIpc) is 3.40. The molecular formula is C27H34N8O. The molecule has 2 saturated heterocycles. The molecule has 0 saturated carbocycles. The van der Waals surface area contributed by atoms with Crippen molar-refractivity contribution in [2.24, 2.45) is 5.41 Å². The predicted molar refractivity (Wildman–Crippen MR) is 141 cm³/mol. The lowest BCUT2D eigenvalue weighted by molar-refractivity contribution is -0.134. The number of carbonyl (C=O) groups excluding carboxylic acids is 1. The molecule has 0 atom stereocenters. The minimum Gasteiger partial charge on any atom is -0.355 e. The molecule has 9 heteroatoms. The maximum absolute atomic E-state index is 12.0. The van der Waals surface area contributed by atoms with E-state index in [1.165, 1.54) is 11.1 Å². The van der Waals surface area contributed by atoms with Gasteiger partial charge < -0.3 is 14.8 Å². The Morgan fingerprint density at radius 2 is 1.89 bits per heavy atom. The molecule has 0 radical (unpaired) electrons. The van der Waals surface area contributed by atoms with Crippen LogP contribution in [0, 0.1) is 19.3 Å². The third kappa shape index (κ3) is 3.48. The molecule has 36 heavy (non-hydrogen) atoms. The van der Waals surface area contributed by atoms with Gasteiger partial charge in [-0.1, -0.05) is 13.8 Å². The van der Waals surface area contributed by atoms with Crippen molar-refractivity contribution >= 4 is 28.4 Å². The lowest BCUT2D eigenvalue weighted by atomic mass is 9.73. The van der Waals surface area contributed by atoms with Gasteiger partial charge in [-0.05, 0) is 43.0 Å². The van der Waals surface area contributed by atoms with Crippen molar-refractivity contribution in [2.75, 3.05) is 51.7 Å². The zero-order chi connectivity index (χ0) is 25.4. The normalized spacial score (nSPS) is 17.2. The number of pyridine rings is 2. The van der Waals surface area contributed by atoms with Gasteiger partial charge in [-0.2, -0.15) is 5.10 Å². The fourth-order valence-electron chi connectivity index (χ4n) is 5.95. The molecule has 1 N–H and O–H groups in total. The van der Waals surface area contributed by atoms with Crippen LogP contribution in [-0.2, 0) is 4.79 Å². The maximum atomic E-state index is 12.0. The molecule has 4 aromatic heterocycles. The lowest BCUT2D eigenvalue weighted by Gasteiger charge is -2.60. The van der Waals surface area contributed by atoms with Crippen LogP contribution in [0.15, 0.2) is 24.7 Å². The van der Waals surface area contributed by atoms with E-state index in [0.29, 0.717) is 17.9 Å². The quantitative estimate of drug-likeness (QED) is 0.466. The number of amides is 1. The Bertz CT molecular complexity index is 1480. The van der Waals surface area contributed by atoms with Gasteiger partial charge in [0.2, 0.25) is 5.91 Å². The third-order valence-corrected chi connectivity index (χ3v) is 7.99. The van der Waals surface area contributed by atoms with Crippen molar-refractivity contribution in [1.82, 2.24) is 34.4 Å². The highest BCUT2D eigenvalue weighted by atomic mass is 16.2. The van der Waals surface area contributed by atoms with Crippen molar-refractivity contribution in [3.63, 3.8) is 0 Å². The van der Waals surface area contributed by atoms with Crippen molar-refractivity contribution in [3.8, 4) is 11.3 Å². The molecule has 0 unspecified atom stereocenters. The number of likely N-dealkylation sites (N-methyl/N-ethyl adjacent to an activating group) is 1. The number of hydrogen-bond acceptors (Lipinski definition) is 6. The lowest BCUT2D eigenvalue weighted by Crippen LogP contribution is -2.73. The summed E-state index contributed by atoms with van der Waals surface area (Å²) in [7, 11) is 3.63. The largest absolute Gasteiger partial charge is 0.355 e. The number of hydrogen-bond donors (Lipinski definition) is 1. The summed E-state index contributed by atoms with van der Waals surface area (Å²) >= 11 is 0. The van der Waals surface area contributed by atoms with E-state index in [0.717, 1.165) is 65.5 Å². The van der Waals surface area contributed by atoms with Gasteiger partial charge in [-0.3, -0.25) is 9.69 Å². The molecule has 6 rings (SSSR count). The van der Waals surface area contributed by atoms with E-state index in [2.05, 4.69) is 70.9 Å². The van der Waals surface area contributed by atoms with Gasteiger partial charge in [0.1, 0.15) is 12.1 Å². The molecule has 0 aromatic carbocycles. The number of carbonyl (C=O) groups is 1. The Balaban J connectivity index is 1.28. The molecule has 4 aromatic rings. The third-order valence-electron chi connectivity index (χ3n) is 7.99. The maximum Gasteiger partial charge on any atom is 0.236 e. The van der Waals surface area contributed by atoms with E-state index in [1.807, 2.05) is 18.6 Å². The first-order valence-corrected chi connectivity index (χ1v) is 12.7. The summed E-state index contributed by atoms with van der Waals surface area (Å²) in [4.78, 5) is 31.6. The van der Waals surface area contributed by atoms with Crippen LogP contribution in [0.5, 0.6) is 0 Å². The highest BCUT2D eigenvalue weighted by molar-refractivity contribution is 5.90. The molecule has 0 aliphatic carbocycles. The van der Waals surface area contributed by atoms with Gasteiger partial charge >= 0.3 is 0 Å². The smallest absolute Gasteiger partial charge is 0.236 e. The molecule has 9 nitrogen and oxygen atoms in total. The summed E-state index contributed by atoms with van der Waals surface area (Å²) in [5.41, 5.74) is 9.13.